The molecule has 0 unspecified atom stereocenters. The second-order valence-electron chi connectivity index (χ2n) is 4.91. The summed E-state index contributed by atoms with van der Waals surface area (Å²) >= 11 is 0. The number of rotatable bonds is 4. The van der Waals surface area contributed by atoms with E-state index in [4.69, 9.17) is 14.4 Å². The smallest absolute Gasteiger partial charge is 0.290 e. The summed E-state index contributed by atoms with van der Waals surface area (Å²) in [6, 6.07) is 5.55. The summed E-state index contributed by atoms with van der Waals surface area (Å²) in [5.74, 6) is 1.07. The fourth-order valence-corrected chi connectivity index (χ4v) is 2.21. The van der Waals surface area contributed by atoms with E-state index in [9.17, 15) is 4.79 Å². The predicted octanol–water partition coefficient (Wildman–Crippen LogP) is 1.61. The van der Waals surface area contributed by atoms with Crippen molar-refractivity contribution in [3.8, 4) is 0 Å². The first-order valence-corrected chi connectivity index (χ1v) is 7.16. The number of nitrogens with one attached hydrogen (secondary N) is 1. The lowest BCUT2D eigenvalue weighted by Gasteiger charge is -2.03. The number of anilines is 1. The van der Waals surface area contributed by atoms with Crippen LogP contribution in [-0.2, 0) is 16.0 Å². The molecule has 9 heteroatoms. The van der Waals surface area contributed by atoms with Crippen LogP contribution in [0, 0.1) is 13.8 Å². The largest absolute Gasteiger partial charge is 0.483 e. The minimum absolute atomic E-state index is 0.117. The van der Waals surface area contributed by atoms with Crippen molar-refractivity contribution in [1.29, 1.82) is 0 Å². The molecule has 3 aromatic rings. The summed E-state index contributed by atoms with van der Waals surface area (Å²) in [5, 5.41) is 21.5. The number of carbonyl (C=O) groups excluding carboxylic acids is 1. The second kappa shape index (κ2) is 7.86. The number of carbonyl (C=O) groups is 2. The van der Waals surface area contributed by atoms with Gasteiger partial charge in [0.2, 0.25) is 11.9 Å². The molecule has 24 heavy (non-hydrogen) atoms. The van der Waals surface area contributed by atoms with Gasteiger partial charge in [0.15, 0.2) is 5.65 Å². The van der Waals surface area contributed by atoms with Crippen LogP contribution in [0.15, 0.2) is 28.9 Å². The van der Waals surface area contributed by atoms with Crippen LogP contribution in [0.3, 0.4) is 0 Å². The summed E-state index contributed by atoms with van der Waals surface area (Å²) in [5.41, 5.74) is 2.50. The number of aryl methyl sites for hydroxylation is 2. The maximum Gasteiger partial charge on any atom is 0.290 e. The van der Waals surface area contributed by atoms with Gasteiger partial charge in [-0.2, -0.15) is 0 Å². The van der Waals surface area contributed by atoms with Crippen molar-refractivity contribution in [3.05, 3.63) is 41.4 Å². The molecule has 126 valence electrons. The van der Waals surface area contributed by atoms with Crippen molar-refractivity contribution in [2.45, 2.75) is 26.7 Å². The van der Waals surface area contributed by atoms with Crippen LogP contribution in [-0.4, -0.2) is 37.2 Å². The molecule has 2 N–H and O–H groups in total. The minimum atomic E-state index is -0.250. The van der Waals surface area contributed by atoms with Crippen LogP contribution in [0.5, 0.6) is 0 Å². The highest BCUT2D eigenvalue weighted by molar-refractivity contribution is 5.89. The summed E-state index contributed by atoms with van der Waals surface area (Å²) in [6.07, 6.45) is 2.73. The molecule has 3 rings (SSSR count). The molecule has 0 aliphatic rings. The average molecular weight is 331 g/mol. The topological polar surface area (TPSA) is 123 Å². The quantitative estimate of drug-likeness (QED) is 0.696. The number of aromatic nitrogens is 4. The molecular weight excluding hydrogens is 314 g/mol. The normalized spacial score (nSPS) is 10.1. The Labute approximate surface area is 137 Å². The zero-order chi connectivity index (χ0) is 17.5. The third-order valence-corrected chi connectivity index (χ3v) is 3.35. The lowest BCUT2D eigenvalue weighted by Crippen LogP contribution is -2.14. The minimum Gasteiger partial charge on any atom is -0.483 e. The number of hydrogen-bond acceptors (Lipinski definition) is 6. The van der Waals surface area contributed by atoms with Crippen molar-refractivity contribution in [2.24, 2.45) is 0 Å². The average Bonchev–Trinajstić information content (AvgIpc) is 3.11. The number of hydrogen-bond donors (Lipinski definition) is 2. The van der Waals surface area contributed by atoms with Gasteiger partial charge in [-0.15, -0.1) is 10.2 Å². The summed E-state index contributed by atoms with van der Waals surface area (Å²) in [6.45, 7) is 3.47. The Morgan fingerprint density at radius 2 is 2.12 bits per heavy atom. The second-order valence-corrected chi connectivity index (χ2v) is 4.91. The highest BCUT2D eigenvalue weighted by Crippen LogP contribution is 2.15. The molecule has 0 aliphatic heterocycles. The number of carboxylic acid groups (broad SMARTS) is 1. The third kappa shape index (κ3) is 3.94. The van der Waals surface area contributed by atoms with Gasteiger partial charge in [-0.3, -0.25) is 19.3 Å². The molecule has 0 bridgehead atoms. The van der Waals surface area contributed by atoms with E-state index in [0.717, 1.165) is 17.0 Å². The van der Waals surface area contributed by atoms with E-state index in [0.29, 0.717) is 24.4 Å². The van der Waals surface area contributed by atoms with Gasteiger partial charge in [-0.25, -0.2) is 0 Å². The van der Waals surface area contributed by atoms with Crippen molar-refractivity contribution in [1.82, 2.24) is 19.8 Å². The Morgan fingerprint density at radius 3 is 2.79 bits per heavy atom. The first-order chi connectivity index (χ1) is 11.6. The first-order valence-electron chi connectivity index (χ1n) is 7.16. The van der Waals surface area contributed by atoms with Gasteiger partial charge in [0.25, 0.3) is 6.47 Å². The maximum atomic E-state index is 12.0. The standard InChI is InChI=1S/C14H15N5O2.CH2O2/c1-9-11(10(2)21-18-9)6-7-13(20)15-14-17-16-12-5-3-4-8-19(12)14;2-1-3/h3-5,8H,6-7H2,1-2H3,(H,15,17,20);1H,(H,2,3). The zero-order valence-electron chi connectivity index (χ0n) is 13.3. The molecule has 1 amide bonds. The Hall–Kier alpha value is -3.23. The monoisotopic (exact) mass is 331 g/mol. The van der Waals surface area contributed by atoms with E-state index in [-0.39, 0.29) is 12.4 Å². The Balaban J connectivity index is 0.000000647. The van der Waals surface area contributed by atoms with E-state index in [1.165, 1.54) is 0 Å². The molecule has 0 atom stereocenters. The number of pyridine rings is 1. The number of fused-ring (bicyclic) bond motifs is 1. The van der Waals surface area contributed by atoms with Gasteiger partial charge in [0.05, 0.1) is 5.69 Å². The van der Waals surface area contributed by atoms with Gasteiger partial charge in [0.1, 0.15) is 5.76 Å². The third-order valence-electron chi connectivity index (χ3n) is 3.35. The Kier molecular flexibility index (Phi) is 5.61. The zero-order valence-corrected chi connectivity index (χ0v) is 13.3. The Bertz CT molecular complexity index is 820. The van der Waals surface area contributed by atoms with E-state index in [1.807, 2.05) is 32.0 Å². The van der Waals surface area contributed by atoms with Gasteiger partial charge in [-0.05, 0) is 32.4 Å². The fourth-order valence-electron chi connectivity index (χ4n) is 2.21. The van der Waals surface area contributed by atoms with Crippen LogP contribution in [0.2, 0.25) is 0 Å². The SMILES string of the molecule is Cc1noc(C)c1CCC(=O)Nc1nnc2ccccn12.O=CO. The summed E-state index contributed by atoms with van der Waals surface area (Å²) in [4.78, 5) is 20.4. The van der Waals surface area contributed by atoms with E-state index in [2.05, 4.69) is 20.7 Å². The van der Waals surface area contributed by atoms with E-state index >= 15 is 0 Å². The number of amides is 1. The molecule has 0 spiro atoms. The van der Waals surface area contributed by atoms with Crippen molar-refractivity contribution < 1.29 is 19.2 Å². The molecule has 3 aromatic heterocycles. The van der Waals surface area contributed by atoms with Gasteiger partial charge in [-0.1, -0.05) is 11.2 Å². The Morgan fingerprint density at radius 1 is 1.38 bits per heavy atom. The lowest BCUT2D eigenvalue weighted by molar-refractivity contribution is -0.123. The van der Waals surface area contributed by atoms with Gasteiger partial charge >= 0.3 is 0 Å². The van der Waals surface area contributed by atoms with Crippen LogP contribution in [0.25, 0.3) is 5.65 Å². The summed E-state index contributed by atoms with van der Waals surface area (Å²) < 4.78 is 6.81. The van der Waals surface area contributed by atoms with Crippen LogP contribution < -0.4 is 5.32 Å². The lowest BCUT2D eigenvalue weighted by atomic mass is 10.1. The van der Waals surface area contributed by atoms with Crippen molar-refractivity contribution >= 4 is 24.0 Å². The molecule has 9 nitrogen and oxygen atoms in total. The molecule has 3 heterocycles. The molecule has 0 radical (unpaired) electrons. The van der Waals surface area contributed by atoms with Gasteiger partial charge in [0, 0.05) is 18.2 Å². The molecule has 0 fully saturated rings. The molecule has 0 aliphatic carbocycles. The molecule has 0 saturated carbocycles. The summed E-state index contributed by atoms with van der Waals surface area (Å²) in [7, 11) is 0. The molecule has 0 saturated heterocycles. The molecular formula is C15H17N5O4. The maximum absolute atomic E-state index is 12.0. The first kappa shape index (κ1) is 17.1. The van der Waals surface area contributed by atoms with Gasteiger partial charge < -0.3 is 9.63 Å². The molecule has 0 aromatic carbocycles. The predicted molar refractivity (Wildman–Crippen MR) is 84.6 cm³/mol. The number of nitrogens with zero attached hydrogens (tertiary/aromatic N) is 4. The van der Waals surface area contributed by atoms with E-state index in [1.54, 1.807) is 10.6 Å². The van der Waals surface area contributed by atoms with Crippen LogP contribution in [0.1, 0.15) is 23.4 Å². The van der Waals surface area contributed by atoms with Crippen molar-refractivity contribution in [2.75, 3.05) is 5.32 Å². The highest BCUT2D eigenvalue weighted by atomic mass is 16.5. The van der Waals surface area contributed by atoms with E-state index < -0.39 is 0 Å². The van der Waals surface area contributed by atoms with Crippen molar-refractivity contribution in [3.63, 3.8) is 0 Å². The van der Waals surface area contributed by atoms with Crippen LogP contribution >= 0.6 is 0 Å². The fraction of sp³-hybridized carbons (Fsp3) is 0.267. The van der Waals surface area contributed by atoms with Crippen LogP contribution in [0.4, 0.5) is 5.95 Å². The highest BCUT2D eigenvalue weighted by Gasteiger charge is 2.13.